The summed E-state index contributed by atoms with van der Waals surface area (Å²) in [5, 5.41) is 15.6. The van der Waals surface area contributed by atoms with E-state index in [2.05, 4.69) is 10.6 Å². The van der Waals surface area contributed by atoms with Crippen molar-refractivity contribution in [3.8, 4) is 17.2 Å². The molecule has 8 heteroatoms. The largest absolute Gasteiger partial charge is 0.502 e. The van der Waals surface area contributed by atoms with Crippen molar-refractivity contribution in [3.05, 3.63) is 59.2 Å². The first-order valence-electron chi connectivity index (χ1n) is 8.99. The number of hydrogen-bond donors (Lipinski definition) is 3. The predicted octanol–water partition coefficient (Wildman–Crippen LogP) is 2.74. The topological polar surface area (TPSA) is 106 Å². The van der Waals surface area contributed by atoms with Crippen molar-refractivity contribution in [1.29, 1.82) is 0 Å². The molecule has 0 aliphatic carbocycles. The Bertz CT molecular complexity index is 930. The van der Waals surface area contributed by atoms with E-state index >= 15 is 0 Å². The summed E-state index contributed by atoms with van der Waals surface area (Å²) in [5.41, 5.74) is 1.73. The smallest absolute Gasteiger partial charge is 0.338 e. The molecular weight excluding hydrogens is 376 g/mol. The van der Waals surface area contributed by atoms with Crippen LogP contribution in [0.5, 0.6) is 17.2 Å². The van der Waals surface area contributed by atoms with Crippen LogP contribution >= 0.6 is 0 Å². The van der Waals surface area contributed by atoms with Crippen LogP contribution in [0.3, 0.4) is 0 Å². The molecule has 1 unspecified atom stereocenters. The number of phenols is 1. The Morgan fingerprint density at radius 1 is 1.10 bits per heavy atom. The first-order chi connectivity index (χ1) is 14.0. The number of benzene rings is 2. The van der Waals surface area contributed by atoms with E-state index in [4.69, 9.17) is 14.2 Å². The number of ether oxygens (including phenoxy) is 3. The van der Waals surface area contributed by atoms with Gasteiger partial charge in [0.1, 0.15) is 0 Å². The molecule has 0 fully saturated rings. The minimum atomic E-state index is -0.846. The van der Waals surface area contributed by atoms with Gasteiger partial charge in [0.05, 0.1) is 38.1 Å². The number of hydrogen-bond acceptors (Lipinski definition) is 6. The van der Waals surface area contributed by atoms with E-state index in [9.17, 15) is 14.7 Å². The van der Waals surface area contributed by atoms with Crippen LogP contribution in [0.1, 0.15) is 24.1 Å². The highest BCUT2D eigenvalue weighted by atomic mass is 16.5. The third-order valence-electron chi connectivity index (χ3n) is 4.47. The van der Waals surface area contributed by atoms with Crippen LogP contribution in [-0.4, -0.2) is 37.9 Å². The second-order valence-corrected chi connectivity index (χ2v) is 6.18. The van der Waals surface area contributed by atoms with Crippen molar-refractivity contribution in [1.82, 2.24) is 10.6 Å². The molecular formula is C21H22N2O6. The van der Waals surface area contributed by atoms with Gasteiger partial charge in [0, 0.05) is 0 Å². The molecule has 0 saturated heterocycles. The summed E-state index contributed by atoms with van der Waals surface area (Å²) in [6.07, 6.45) is 0. The molecule has 0 aromatic heterocycles. The molecule has 1 heterocycles. The standard InChI is InChI=1S/C21H22N2O6/c1-4-29-20(25)16-17(12-8-6-5-7-9-12)22-21(26)23-18(16)13-10-14(27-2)19(24)15(11-13)28-3/h5-11,18,24H,4H2,1-3H3,(H2,22,23,26). The number of amides is 2. The van der Waals surface area contributed by atoms with Crippen LogP contribution in [0.15, 0.2) is 48.0 Å². The van der Waals surface area contributed by atoms with Crippen LogP contribution < -0.4 is 20.1 Å². The fourth-order valence-electron chi connectivity index (χ4n) is 3.16. The van der Waals surface area contributed by atoms with Crippen LogP contribution in [0, 0.1) is 0 Å². The van der Waals surface area contributed by atoms with E-state index in [1.807, 2.05) is 6.07 Å². The van der Waals surface area contributed by atoms with Gasteiger partial charge in [-0.1, -0.05) is 30.3 Å². The Morgan fingerprint density at radius 3 is 2.28 bits per heavy atom. The quantitative estimate of drug-likeness (QED) is 0.646. The summed E-state index contributed by atoms with van der Waals surface area (Å²) >= 11 is 0. The number of carbonyl (C=O) groups is 2. The lowest BCUT2D eigenvalue weighted by Crippen LogP contribution is -2.45. The average Bonchev–Trinajstić information content (AvgIpc) is 2.74. The predicted molar refractivity (Wildman–Crippen MR) is 106 cm³/mol. The third-order valence-corrected chi connectivity index (χ3v) is 4.47. The summed E-state index contributed by atoms with van der Waals surface area (Å²) in [4.78, 5) is 25.3. The molecule has 0 saturated carbocycles. The van der Waals surface area contributed by atoms with Crippen molar-refractivity contribution in [3.63, 3.8) is 0 Å². The Balaban J connectivity index is 2.23. The maximum absolute atomic E-state index is 12.9. The summed E-state index contributed by atoms with van der Waals surface area (Å²) in [6, 6.07) is 10.8. The van der Waals surface area contributed by atoms with Gasteiger partial charge in [-0.25, -0.2) is 9.59 Å². The van der Waals surface area contributed by atoms with Gasteiger partial charge in [-0.15, -0.1) is 0 Å². The van der Waals surface area contributed by atoms with Crippen LogP contribution in [-0.2, 0) is 9.53 Å². The Kier molecular flexibility index (Phi) is 5.92. The van der Waals surface area contributed by atoms with Crippen molar-refractivity contribution in [2.75, 3.05) is 20.8 Å². The highest BCUT2D eigenvalue weighted by Gasteiger charge is 2.35. The highest BCUT2D eigenvalue weighted by molar-refractivity contribution is 6.04. The van der Waals surface area contributed by atoms with Gasteiger partial charge in [0.2, 0.25) is 5.75 Å². The zero-order valence-corrected chi connectivity index (χ0v) is 16.3. The number of carbonyl (C=O) groups excluding carboxylic acids is 2. The van der Waals surface area contributed by atoms with Gasteiger partial charge in [-0.2, -0.15) is 0 Å². The monoisotopic (exact) mass is 398 g/mol. The highest BCUT2D eigenvalue weighted by Crippen LogP contribution is 2.41. The molecule has 8 nitrogen and oxygen atoms in total. The zero-order valence-electron chi connectivity index (χ0n) is 16.3. The fourth-order valence-corrected chi connectivity index (χ4v) is 3.16. The lowest BCUT2D eigenvalue weighted by atomic mass is 9.92. The van der Waals surface area contributed by atoms with Gasteiger partial charge in [0.25, 0.3) is 0 Å². The molecule has 29 heavy (non-hydrogen) atoms. The summed E-state index contributed by atoms with van der Waals surface area (Å²) in [7, 11) is 2.80. The summed E-state index contributed by atoms with van der Waals surface area (Å²) in [6.45, 7) is 1.88. The van der Waals surface area contributed by atoms with Crippen LogP contribution in [0.25, 0.3) is 5.70 Å². The lowest BCUT2D eigenvalue weighted by Gasteiger charge is -2.30. The molecule has 0 spiro atoms. The van der Waals surface area contributed by atoms with Gasteiger partial charge < -0.3 is 30.0 Å². The third kappa shape index (κ3) is 3.96. The minimum Gasteiger partial charge on any atom is -0.502 e. The van der Waals surface area contributed by atoms with E-state index in [0.717, 1.165) is 0 Å². The summed E-state index contributed by atoms with van der Waals surface area (Å²) < 4.78 is 15.7. The molecule has 0 radical (unpaired) electrons. The van der Waals surface area contributed by atoms with Crippen LogP contribution in [0.2, 0.25) is 0 Å². The number of nitrogens with one attached hydrogen (secondary N) is 2. The molecule has 2 aromatic carbocycles. The number of phenolic OH excluding ortho intramolecular Hbond substituents is 1. The molecule has 1 atom stereocenters. The molecule has 1 aliphatic rings. The molecule has 2 amide bonds. The normalized spacial score (nSPS) is 16.0. The molecule has 152 valence electrons. The minimum absolute atomic E-state index is 0.150. The second kappa shape index (κ2) is 8.55. The van der Waals surface area contributed by atoms with E-state index in [0.29, 0.717) is 16.8 Å². The Morgan fingerprint density at radius 2 is 1.72 bits per heavy atom. The second-order valence-electron chi connectivity index (χ2n) is 6.18. The fraction of sp³-hybridized carbons (Fsp3) is 0.238. The zero-order chi connectivity index (χ0) is 21.0. The van der Waals surface area contributed by atoms with Gasteiger partial charge >= 0.3 is 12.0 Å². The van der Waals surface area contributed by atoms with Gasteiger partial charge in [-0.05, 0) is 30.2 Å². The Labute approximate surface area is 168 Å². The number of aromatic hydroxyl groups is 1. The van der Waals surface area contributed by atoms with Crippen molar-refractivity contribution < 1.29 is 28.9 Å². The lowest BCUT2D eigenvalue weighted by molar-refractivity contribution is -0.138. The maximum atomic E-state index is 12.9. The number of rotatable bonds is 6. The molecule has 2 aromatic rings. The first kappa shape index (κ1) is 20.1. The van der Waals surface area contributed by atoms with Gasteiger partial charge in [0.15, 0.2) is 11.5 Å². The number of urea groups is 1. The molecule has 3 rings (SSSR count). The first-order valence-corrected chi connectivity index (χ1v) is 8.99. The van der Waals surface area contributed by atoms with Crippen molar-refractivity contribution in [2.24, 2.45) is 0 Å². The SMILES string of the molecule is CCOC(=O)C1=C(c2ccccc2)NC(=O)NC1c1cc(OC)c(O)c(OC)c1. The summed E-state index contributed by atoms with van der Waals surface area (Å²) in [5.74, 6) is -0.452. The molecule has 1 aliphatic heterocycles. The maximum Gasteiger partial charge on any atom is 0.338 e. The number of methoxy groups -OCH3 is 2. The van der Waals surface area contributed by atoms with Crippen molar-refractivity contribution >= 4 is 17.7 Å². The molecule has 0 bridgehead atoms. The van der Waals surface area contributed by atoms with E-state index < -0.39 is 18.0 Å². The van der Waals surface area contributed by atoms with Gasteiger partial charge in [-0.3, -0.25) is 0 Å². The number of esters is 1. The van der Waals surface area contributed by atoms with E-state index in [-0.39, 0.29) is 29.4 Å². The Hall–Kier alpha value is -3.68. The average molecular weight is 398 g/mol. The molecule has 3 N–H and O–H groups in total. The van der Waals surface area contributed by atoms with E-state index in [1.54, 1.807) is 31.2 Å². The van der Waals surface area contributed by atoms with Crippen molar-refractivity contribution in [2.45, 2.75) is 13.0 Å². The van der Waals surface area contributed by atoms with E-state index in [1.165, 1.54) is 26.4 Å². The van der Waals surface area contributed by atoms with Crippen LogP contribution in [0.4, 0.5) is 4.79 Å².